The molecule has 0 aromatic carbocycles. The molecular formula is C13H24N2O. The molecule has 2 rings (SSSR count). The number of hydrogen-bond donors (Lipinski definition) is 1. The van der Waals surface area contributed by atoms with E-state index in [-0.39, 0.29) is 0 Å². The maximum Gasteiger partial charge on any atom is 0.222 e. The van der Waals surface area contributed by atoms with Crippen molar-refractivity contribution in [2.45, 2.75) is 51.0 Å². The molecule has 1 atom stereocenters. The first-order chi connectivity index (χ1) is 7.77. The van der Waals surface area contributed by atoms with E-state index in [9.17, 15) is 4.79 Å². The van der Waals surface area contributed by atoms with Gasteiger partial charge in [0.2, 0.25) is 5.91 Å². The van der Waals surface area contributed by atoms with Crippen LogP contribution in [-0.4, -0.2) is 37.0 Å². The summed E-state index contributed by atoms with van der Waals surface area (Å²) in [7, 11) is 1.99. The van der Waals surface area contributed by atoms with Gasteiger partial charge in [-0.1, -0.05) is 12.8 Å². The molecule has 1 heterocycles. The summed E-state index contributed by atoms with van der Waals surface area (Å²) in [6.07, 6.45) is 8.22. The van der Waals surface area contributed by atoms with Crippen molar-refractivity contribution in [1.82, 2.24) is 10.2 Å². The van der Waals surface area contributed by atoms with E-state index in [1.807, 2.05) is 11.9 Å². The number of carbonyl (C=O) groups is 1. The fraction of sp³-hybridized carbons (Fsp3) is 0.923. The van der Waals surface area contributed by atoms with Crippen molar-refractivity contribution in [2.75, 3.05) is 20.1 Å². The van der Waals surface area contributed by atoms with Crippen molar-refractivity contribution >= 4 is 5.91 Å². The maximum atomic E-state index is 12.1. The Morgan fingerprint density at radius 3 is 2.62 bits per heavy atom. The zero-order valence-corrected chi connectivity index (χ0v) is 10.4. The summed E-state index contributed by atoms with van der Waals surface area (Å²) >= 11 is 0. The summed E-state index contributed by atoms with van der Waals surface area (Å²) < 4.78 is 0. The maximum absolute atomic E-state index is 12.1. The van der Waals surface area contributed by atoms with Gasteiger partial charge in [0, 0.05) is 19.5 Å². The molecule has 0 aromatic heterocycles. The first kappa shape index (κ1) is 11.9. The molecule has 1 aliphatic heterocycles. The van der Waals surface area contributed by atoms with E-state index >= 15 is 0 Å². The molecule has 1 amide bonds. The molecule has 2 fully saturated rings. The average Bonchev–Trinajstić information content (AvgIpc) is 2.83. The van der Waals surface area contributed by atoms with Gasteiger partial charge in [-0.15, -0.1) is 0 Å². The predicted octanol–water partition coefficient (Wildman–Crippen LogP) is 1.78. The Hall–Kier alpha value is -0.570. The minimum absolute atomic E-state index is 0.362. The first-order valence-electron chi connectivity index (χ1n) is 6.74. The summed E-state index contributed by atoms with van der Waals surface area (Å²) in [4.78, 5) is 14.1. The van der Waals surface area contributed by atoms with Gasteiger partial charge < -0.3 is 10.2 Å². The second-order valence-electron chi connectivity index (χ2n) is 5.36. The number of carbonyl (C=O) groups excluding carboxylic acids is 1. The third-order valence-electron chi connectivity index (χ3n) is 4.13. The molecule has 0 spiro atoms. The standard InChI is InChI=1S/C13H24N2O/c1-15(12-6-2-3-7-12)13(16)9-11-5-4-8-14-10-11/h11-12,14H,2-10H2,1H3. The van der Waals surface area contributed by atoms with Crippen LogP contribution in [0.15, 0.2) is 0 Å². The topological polar surface area (TPSA) is 32.3 Å². The third-order valence-corrected chi connectivity index (χ3v) is 4.13. The molecular weight excluding hydrogens is 200 g/mol. The van der Waals surface area contributed by atoms with E-state index in [2.05, 4.69) is 5.32 Å². The lowest BCUT2D eigenvalue weighted by Crippen LogP contribution is -2.38. The molecule has 0 aromatic rings. The lowest BCUT2D eigenvalue weighted by Gasteiger charge is -2.28. The Bertz CT molecular complexity index is 230. The fourth-order valence-electron chi connectivity index (χ4n) is 2.98. The van der Waals surface area contributed by atoms with Crippen LogP contribution in [0.3, 0.4) is 0 Å². The van der Waals surface area contributed by atoms with Gasteiger partial charge in [-0.2, -0.15) is 0 Å². The molecule has 1 saturated heterocycles. The highest BCUT2D eigenvalue weighted by Crippen LogP contribution is 2.24. The molecule has 1 N–H and O–H groups in total. The normalized spacial score (nSPS) is 26.9. The average molecular weight is 224 g/mol. The Morgan fingerprint density at radius 2 is 2.00 bits per heavy atom. The smallest absolute Gasteiger partial charge is 0.222 e. The van der Waals surface area contributed by atoms with E-state index in [0.717, 1.165) is 19.5 Å². The van der Waals surface area contributed by atoms with Crippen LogP contribution in [0, 0.1) is 5.92 Å². The van der Waals surface area contributed by atoms with Crippen LogP contribution in [-0.2, 0) is 4.79 Å². The van der Waals surface area contributed by atoms with E-state index in [4.69, 9.17) is 0 Å². The molecule has 2 aliphatic rings. The lowest BCUT2D eigenvalue weighted by molar-refractivity contribution is -0.133. The van der Waals surface area contributed by atoms with Crippen molar-refractivity contribution in [1.29, 1.82) is 0 Å². The van der Waals surface area contributed by atoms with Gasteiger partial charge >= 0.3 is 0 Å². The first-order valence-corrected chi connectivity index (χ1v) is 6.74. The number of piperidine rings is 1. The van der Waals surface area contributed by atoms with Gasteiger partial charge in [0.25, 0.3) is 0 Å². The third kappa shape index (κ3) is 2.97. The number of nitrogens with one attached hydrogen (secondary N) is 1. The van der Waals surface area contributed by atoms with Gasteiger partial charge in [0.15, 0.2) is 0 Å². The zero-order valence-electron chi connectivity index (χ0n) is 10.4. The molecule has 92 valence electrons. The van der Waals surface area contributed by atoms with Crippen LogP contribution < -0.4 is 5.32 Å². The van der Waals surface area contributed by atoms with Gasteiger partial charge in [0.05, 0.1) is 0 Å². The minimum Gasteiger partial charge on any atom is -0.343 e. The second-order valence-corrected chi connectivity index (χ2v) is 5.36. The van der Waals surface area contributed by atoms with Crippen molar-refractivity contribution in [3.05, 3.63) is 0 Å². The summed E-state index contributed by atoms with van der Waals surface area (Å²) in [5, 5.41) is 3.38. The van der Waals surface area contributed by atoms with Crippen molar-refractivity contribution in [3.8, 4) is 0 Å². The fourth-order valence-corrected chi connectivity index (χ4v) is 2.98. The Kier molecular flexibility index (Phi) is 4.22. The Labute approximate surface area is 98.6 Å². The van der Waals surface area contributed by atoms with Gasteiger partial charge in [-0.05, 0) is 44.7 Å². The Morgan fingerprint density at radius 1 is 1.25 bits per heavy atom. The monoisotopic (exact) mass is 224 g/mol. The van der Waals surface area contributed by atoms with Crippen LogP contribution in [0.25, 0.3) is 0 Å². The summed E-state index contributed by atoms with van der Waals surface area (Å²) in [6, 6.07) is 0.532. The van der Waals surface area contributed by atoms with E-state index in [0.29, 0.717) is 17.9 Å². The van der Waals surface area contributed by atoms with Crippen molar-refractivity contribution in [3.63, 3.8) is 0 Å². The van der Waals surface area contributed by atoms with Crippen LogP contribution in [0.4, 0.5) is 0 Å². The number of hydrogen-bond acceptors (Lipinski definition) is 2. The quantitative estimate of drug-likeness (QED) is 0.792. The largest absolute Gasteiger partial charge is 0.343 e. The number of rotatable bonds is 3. The number of nitrogens with zero attached hydrogens (tertiary/aromatic N) is 1. The highest BCUT2D eigenvalue weighted by Gasteiger charge is 2.25. The van der Waals surface area contributed by atoms with Gasteiger partial charge in [-0.25, -0.2) is 0 Å². The summed E-state index contributed by atoms with van der Waals surface area (Å²) in [5.74, 6) is 0.936. The second kappa shape index (κ2) is 5.67. The zero-order chi connectivity index (χ0) is 11.4. The highest BCUT2D eigenvalue weighted by atomic mass is 16.2. The van der Waals surface area contributed by atoms with Crippen molar-refractivity contribution < 1.29 is 4.79 Å². The Balaban J connectivity index is 1.77. The van der Waals surface area contributed by atoms with E-state index in [1.165, 1.54) is 38.5 Å². The molecule has 3 heteroatoms. The van der Waals surface area contributed by atoms with Gasteiger partial charge in [-0.3, -0.25) is 4.79 Å². The molecule has 0 bridgehead atoms. The molecule has 1 saturated carbocycles. The molecule has 16 heavy (non-hydrogen) atoms. The van der Waals surface area contributed by atoms with E-state index in [1.54, 1.807) is 0 Å². The molecule has 1 aliphatic carbocycles. The van der Waals surface area contributed by atoms with Gasteiger partial charge in [0.1, 0.15) is 0 Å². The van der Waals surface area contributed by atoms with Crippen LogP contribution in [0.5, 0.6) is 0 Å². The highest BCUT2D eigenvalue weighted by molar-refractivity contribution is 5.76. The van der Waals surface area contributed by atoms with Crippen LogP contribution >= 0.6 is 0 Å². The van der Waals surface area contributed by atoms with Crippen molar-refractivity contribution in [2.24, 2.45) is 5.92 Å². The number of amides is 1. The minimum atomic E-state index is 0.362. The predicted molar refractivity (Wildman–Crippen MR) is 65.2 cm³/mol. The van der Waals surface area contributed by atoms with Crippen LogP contribution in [0.2, 0.25) is 0 Å². The molecule has 1 unspecified atom stereocenters. The SMILES string of the molecule is CN(C(=O)CC1CCCNC1)C1CCCC1. The summed E-state index contributed by atoms with van der Waals surface area (Å²) in [6.45, 7) is 2.16. The summed E-state index contributed by atoms with van der Waals surface area (Å²) in [5.41, 5.74) is 0. The molecule has 0 radical (unpaired) electrons. The lowest BCUT2D eigenvalue weighted by atomic mass is 9.95. The molecule has 3 nitrogen and oxygen atoms in total. The van der Waals surface area contributed by atoms with E-state index < -0.39 is 0 Å². The van der Waals surface area contributed by atoms with Crippen LogP contribution in [0.1, 0.15) is 44.9 Å².